The third-order valence-corrected chi connectivity index (χ3v) is 16.6. The van der Waals surface area contributed by atoms with Crippen LogP contribution in [0.4, 0.5) is 5.69 Å². The molecule has 0 spiro atoms. The number of aliphatic imine (C=N–C) groups is 1. The minimum Gasteiger partial charge on any atom is -0.388 e. The zero-order valence-electron chi connectivity index (χ0n) is 38.5. The van der Waals surface area contributed by atoms with Crippen molar-refractivity contribution in [3.05, 3.63) is 160 Å². The lowest BCUT2D eigenvalue weighted by atomic mass is 9.85. The molecule has 1 heterocycles. The Bertz CT molecular complexity index is 2770. The highest BCUT2D eigenvalue weighted by Gasteiger charge is 2.40. The predicted molar refractivity (Wildman–Crippen MR) is 272 cm³/mol. The molecule has 0 saturated carbocycles. The average molecular weight is 853 g/mol. The average Bonchev–Trinajstić information content (AvgIpc) is 3.28. The maximum absolute atomic E-state index is 12.2. The fourth-order valence-electron chi connectivity index (χ4n) is 9.48. The van der Waals surface area contributed by atoms with Crippen LogP contribution >= 0.6 is 0 Å². The van der Waals surface area contributed by atoms with Crippen LogP contribution in [0.25, 0.3) is 38.2 Å². The maximum atomic E-state index is 12.2. The third kappa shape index (κ3) is 9.56. The highest BCUT2D eigenvalue weighted by atomic mass is 28.3. The van der Waals surface area contributed by atoms with Crippen LogP contribution in [0.2, 0.25) is 13.1 Å². The minimum absolute atomic E-state index is 0.0945. The van der Waals surface area contributed by atoms with E-state index in [1.165, 1.54) is 82.0 Å². The van der Waals surface area contributed by atoms with Gasteiger partial charge in [0.15, 0.2) is 5.78 Å². The Hall–Kier alpha value is -5.89. The van der Waals surface area contributed by atoms with Crippen molar-refractivity contribution in [1.82, 2.24) is 10.6 Å². The van der Waals surface area contributed by atoms with E-state index in [9.17, 15) is 9.59 Å². The number of allylic oxidation sites excluding steroid dienone is 6. The van der Waals surface area contributed by atoms with Gasteiger partial charge in [-0.3, -0.25) is 14.6 Å². The van der Waals surface area contributed by atoms with Crippen LogP contribution < -0.4 is 21.1 Å². The number of carbonyl (C=O) groups is 2. The zero-order valence-corrected chi connectivity index (χ0v) is 39.5. The second-order valence-electron chi connectivity index (χ2n) is 17.9. The van der Waals surface area contributed by atoms with Gasteiger partial charge in [-0.15, -0.1) is 0 Å². The van der Waals surface area contributed by atoms with E-state index in [1.807, 2.05) is 14.1 Å². The molecule has 1 aliphatic carbocycles. The van der Waals surface area contributed by atoms with Crippen molar-refractivity contribution in [2.24, 2.45) is 4.99 Å². The minimum atomic E-state index is -2.05. The SMILES string of the molecule is C=C(C)C(=O)CCCCCCc1c2ccccc2c(CNCCCNC(=O)C(=C)C)c2ccc(-c3ccc(C4=C5C=CC(=NC)C=C5[Si](C)(C)c5cc(NC)ccc54)c(C)c3)cc12. The smallest absolute Gasteiger partial charge is 0.246 e. The second kappa shape index (κ2) is 19.7. The summed E-state index contributed by atoms with van der Waals surface area (Å²) in [5.74, 6) is 0.0779. The van der Waals surface area contributed by atoms with Gasteiger partial charge in [0.1, 0.15) is 8.07 Å². The first-order valence-corrected chi connectivity index (χ1v) is 25.7. The monoisotopic (exact) mass is 852 g/mol. The van der Waals surface area contributed by atoms with Gasteiger partial charge in [0.2, 0.25) is 5.91 Å². The number of ketones is 1. The van der Waals surface area contributed by atoms with Crippen molar-refractivity contribution < 1.29 is 9.59 Å². The zero-order chi connectivity index (χ0) is 44.8. The Balaban J connectivity index is 1.26. The molecule has 5 aromatic rings. The molecule has 0 bridgehead atoms. The van der Waals surface area contributed by atoms with E-state index in [0.29, 0.717) is 24.1 Å². The standard InChI is InChI=1S/C56H64N4O2Si/c1-36(2)52(61)20-13-11-10-12-17-45-44-18-14-15-19-46(44)51(35-59-29-16-30-60-56(62)37(3)4)47-26-22-40(32-50(45)47)39-21-25-43(38(5)31-39)55-48-27-23-41(57-6)33-53(48)63(8,9)54-34-42(58-7)24-28-49(54)55/h14-15,18-19,21-28,31-34,57,59H,1,3,10-13,16-17,20,29-30,35H2,2,4-9H3,(H,60,62). The van der Waals surface area contributed by atoms with Crippen molar-refractivity contribution in [3.63, 3.8) is 0 Å². The molecule has 7 heteroatoms. The van der Waals surface area contributed by atoms with E-state index in [2.05, 4.69) is 151 Å². The number of carbonyl (C=O) groups excluding carboxylic acids is 2. The lowest BCUT2D eigenvalue weighted by Crippen LogP contribution is -2.49. The van der Waals surface area contributed by atoms with E-state index in [0.717, 1.165) is 63.0 Å². The summed E-state index contributed by atoms with van der Waals surface area (Å²) in [6.45, 7) is 20.4. The number of hydrogen-bond donors (Lipinski definition) is 3. The summed E-state index contributed by atoms with van der Waals surface area (Å²) in [4.78, 5) is 28.8. The van der Waals surface area contributed by atoms with E-state index >= 15 is 0 Å². The first kappa shape index (κ1) is 45.1. The number of benzene rings is 5. The molecular weight excluding hydrogens is 789 g/mol. The molecule has 0 saturated heterocycles. The number of anilines is 1. The Morgan fingerprint density at radius 3 is 2.14 bits per heavy atom. The van der Waals surface area contributed by atoms with Crippen molar-refractivity contribution in [3.8, 4) is 11.1 Å². The quantitative estimate of drug-likeness (QED) is 0.0355. The van der Waals surface area contributed by atoms with Gasteiger partial charge >= 0.3 is 0 Å². The number of nitrogens with zero attached hydrogens (tertiary/aromatic N) is 1. The topological polar surface area (TPSA) is 82.6 Å². The number of aryl methyl sites for hydroxylation is 2. The number of hydrogen-bond acceptors (Lipinski definition) is 5. The first-order valence-electron chi connectivity index (χ1n) is 22.7. The molecule has 324 valence electrons. The van der Waals surface area contributed by atoms with Crippen LogP contribution in [0.3, 0.4) is 0 Å². The fourth-order valence-corrected chi connectivity index (χ4v) is 12.6. The Morgan fingerprint density at radius 2 is 1.43 bits per heavy atom. The number of Topliss-reactive ketones (excluding diaryl/α,β-unsaturated/α-hetero) is 1. The van der Waals surface area contributed by atoms with Crippen molar-refractivity contribution in [1.29, 1.82) is 0 Å². The molecule has 0 aromatic heterocycles. The highest BCUT2D eigenvalue weighted by Crippen LogP contribution is 2.44. The second-order valence-corrected chi connectivity index (χ2v) is 22.3. The summed E-state index contributed by atoms with van der Waals surface area (Å²) in [5, 5.41) is 18.1. The van der Waals surface area contributed by atoms with E-state index < -0.39 is 8.07 Å². The predicted octanol–water partition coefficient (Wildman–Crippen LogP) is 11.7. The summed E-state index contributed by atoms with van der Waals surface area (Å²) >= 11 is 0. The molecule has 7 rings (SSSR count). The molecule has 0 unspecified atom stereocenters. The Labute approximate surface area is 376 Å². The van der Waals surface area contributed by atoms with Crippen LogP contribution in [0.5, 0.6) is 0 Å². The summed E-state index contributed by atoms with van der Waals surface area (Å²) in [6, 6.07) is 29.9. The van der Waals surface area contributed by atoms with Crippen molar-refractivity contribution in [2.45, 2.75) is 85.4 Å². The first-order chi connectivity index (χ1) is 30.3. The van der Waals surface area contributed by atoms with Crippen LogP contribution in [-0.2, 0) is 22.6 Å². The van der Waals surface area contributed by atoms with Gasteiger partial charge in [0.05, 0.1) is 5.71 Å². The molecule has 0 fully saturated rings. The van der Waals surface area contributed by atoms with Gasteiger partial charge in [-0.25, -0.2) is 0 Å². The van der Waals surface area contributed by atoms with E-state index in [1.54, 1.807) is 13.8 Å². The molecule has 0 atom stereocenters. The molecule has 1 aliphatic heterocycles. The molecule has 2 aliphatic rings. The van der Waals surface area contributed by atoms with Crippen LogP contribution in [0.15, 0.2) is 137 Å². The highest BCUT2D eigenvalue weighted by molar-refractivity contribution is 6.98. The van der Waals surface area contributed by atoms with Gasteiger partial charge in [-0.05, 0) is 171 Å². The lowest BCUT2D eigenvalue weighted by Gasteiger charge is -2.38. The van der Waals surface area contributed by atoms with E-state index in [4.69, 9.17) is 0 Å². The fraction of sp³-hybridized carbons (Fsp3) is 0.304. The normalized spacial score (nSPS) is 14.7. The molecule has 0 radical (unpaired) electrons. The van der Waals surface area contributed by atoms with Crippen LogP contribution in [-0.4, -0.2) is 52.7 Å². The van der Waals surface area contributed by atoms with Gasteiger partial charge in [-0.2, -0.15) is 0 Å². The number of unbranched alkanes of at least 4 members (excludes halogenated alkanes) is 3. The molecule has 6 nitrogen and oxygen atoms in total. The van der Waals surface area contributed by atoms with Crippen molar-refractivity contribution >= 4 is 63.5 Å². The summed E-state index contributed by atoms with van der Waals surface area (Å²) < 4.78 is 0. The maximum Gasteiger partial charge on any atom is 0.246 e. The largest absolute Gasteiger partial charge is 0.388 e. The van der Waals surface area contributed by atoms with Gasteiger partial charge in [-0.1, -0.05) is 106 Å². The van der Waals surface area contributed by atoms with Gasteiger partial charge in [0.25, 0.3) is 0 Å². The summed E-state index contributed by atoms with van der Waals surface area (Å²) in [5.41, 5.74) is 14.9. The van der Waals surface area contributed by atoms with Crippen LogP contribution in [0.1, 0.15) is 80.2 Å². The Morgan fingerprint density at radius 1 is 0.730 bits per heavy atom. The van der Waals surface area contributed by atoms with Crippen LogP contribution in [0, 0.1) is 6.92 Å². The van der Waals surface area contributed by atoms with Gasteiger partial charge in [0, 0.05) is 44.9 Å². The number of fused-ring (bicyclic) bond motifs is 4. The van der Waals surface area contributed by atoms with Crippen molar-refractivity contribution in [2.75, 3.05) is 32.5 Å². The molecule has 3 N–H and O–H groups in total. The Kier molecular flexibility index (Phi) is 14.1. The van der Waals surface area contributed by atoms with Gasteiger partial charge < -0.3 is 16.0 Å². The molecule has 5 aromatic carbocycles. The third-order valence-electron chi connectivity index (χ3n) is 13.1. The number of nitrogens with one attached hydrogen (secondary N) is 3. The number of rotatable bonds is 18. The van der Waals surface area contributed by atoms with E-state index in [-0.39, 0.29) is 11.7 Å². The lowest BCUT2D eigenvalue weighted by molar-refractivity contribution is -0.117. The molecule has 1 amide bonds. The summed E-state index contributed by atoms with van der Waals surface area (Å²) in [7, 11) is 1.83. The number of amides is 1. The summed E-state index contributed by atoms with van der Waals surface area (Å²) in [6.07, 6.45) is 13.2. The molecule has 63 heavy (non-hydrogen) atoms. The molecular formula is C56H64N4O2Si.